The van der Waals surface area contributed by atoms with Crippen LogP contribution < -0.4 is 15.6 Å². The number of halogens is 2. The molecule has 3 N–H and O–H groups in total. The van der Waals surface area contributed by atoms with E-state index in [4.69, 9.17) is 0 Å². The summed E-state index contributed by atoms with van der Waals surface area (Å²) < 4.78 is 53.4. The summed E-state index contributed by atoms with van der Waals surface area (Å²) in [4.78, 5) is 24.0. The van der Waals surface area contributed by atoms with Crippen molar-refractivity contribution in [1.29, 1.82) is 0 Å². The molecule has 11 heteroatoms. The average molecular weight is 456 g/mol. The number of rotatable bonds is 5. The SMILES string of the molecule is O=C(Nc1ccc(NS(=O)(=O)c2ccc(F)c(F)c2)cc1)c1n[nH]c(=O)c2ccccc12. The molecule has 1 aromatic heterocycles. The number of aromatic amines is 1. The molecule has 0 aliphatic heterocycles. The molecule has 8 nitrogen and oxygen atoms in total. The van der Waals surface area contributed by atoms with Gasteiger partial charge in [-0.1, -0.05) is 18.2 Å². The maximum absolute atomic E-state index is 13.4. The van der Waals surface area contributed by atoms with Crippen LogP contribution in [0.1, 0.15) is 10.5 Å². The number of sulfonamides is 1. The van der Waals surface area contributed by atoms with Crippen LogP contribution in [0.25, 0.3) is 10.8 Å². The van der Waals surface area contributed by atoms with Crippen LogP contribution in [0.15, 0.2) is 76.4 Å². The Balaban J connectivity index is 1.52. The van der Waals surface area contributed by atoms with Crippen LogP contribution in [0.4, 0.5) is 20.2 Å². The average Bonchev–Trinajstić information content (AvgIpc) is 2.77. The Morgan fingerprint density at radius 1 is 0.875 bits per heavy atom. The molecule has 0 saturated heterocycles. The molecule has 1 amide bonds. The molecular weight excluding hydrogens is 442 g/mol. The maximum atomic E-state index is 13.4. The highest BCUT2D eigenvalue weighted by Crippen LogP contribution is 2.21. The second-order valence-corrected chi connectivity index (χ2v) is 8.34. The van der Waals surface area contributed by atoms with Crippen molar-refractivity contribution in [3.05, 3.63) is 94.4 Å². The number of aromatic nitrogens is 2. The van der Waals surface area contributed by atoms with Gasteiger partial charge in [-0.25, -0.2) is 22.3 Å². The van der Waals surface area contributed by atoms with Crippen molar-refractivity contribution in [3.63, 3.8) is 0 Å². The van der Waals surface area contributed by atoms with Crippen LogP contribution in [0.3, 0.4) is 0 Å². The second-order valence-electron chi connectivity index (χ2n) is 6.66. The van der Waals surface area contributed by atoms with Gasteiger partial charge in [-0.3, -0.25) is 14.3 Å². The van der Waals surface area contributed by atoms with Gasteiger partial charge in [0, 0.05) is 16.8 Å². The van der Waals surface area contributed by atoms with Gasteiger partial charge in [-0.05, 0) is 48.5 Å². The highest BCUT2D eigenvalue weighted by atomic mass is 32.2. The molecule has 0 saturated carbocycles. The first-order valence-corrected chi connectivity index (χ1v) is 10.6. The molecule has 1 heterocycles. The standard InChI is InChI=1S/C21H14F2N4O4S/c22-17-10-9-14(11-18(17)23)32(30,31)27-13-7-5-12(6-8-13)24-21(29)19-15-3-1-2-4-16(15)20(28)26-25-19/h1-11,27H,(H,24,29)(H,26,28). The second kappa shape index (κ2) is 8.19. The highest BCUT2D eigenvalue weighted by Gasteiger charge is 2.17. The molecule has 0 unspecified atom stereocenters. The zero-order chi connectivity index (χ0) is 22.9. The Labute approximate surface area is 180 Å². The van der Waals surface area contributed by atoms with Crippen LogP contribution in [-0.4, -0.2) is 24.5 Å². The lowest BCUT2D eigenvalue weighted by molar-refractivity contribution is 0.102. The number of hydrogen-bond donors (Lipinski definition) is 3. The largest absolute Gasteiger partial charge is 0.321 e. The van der Waals surface area contributed by atoms with Gasteiger partial charge < -0.3 is 5.32 Å². The first kappa shape index (κ1) is 21.1. The lowest BCUT2D eigenvalue weighted by Gasteiger charge is -2.10. The summed E-state index contributed by atoms with van der Waals surface area (Å²) >= 11 is 0. The summed E-state index contributed by atoms with van der Waals surface area (Å²) in [5.41, 5.74) is 0.0707. The summed E-state index contributed by atoms with van der Waals surface area (Å²) in [6.07, 6.45) is 0. The van der Waals surface area contributed by atoms with E-state index in [1.807, 2.05) is 0 Å². The van der Waals surface area contributed by atoms with Crippen LogP contribution >= 0.6 is 0 Å². The van der Waals surface area contributed by atoms with Crippen LogP contribution in [0, 0.1) is 11.6 Å². The van der Waals surface area contributed by atoms with E-state index in [0.29, 0.717) is 22.5 Å². The molecule has 162 valence electrons. The fourth-order valence-corrected chi connectivity index (χ4v) is 4.03. The van der Waals surface area contributed by atoms with Crippen molar-refractivity contribution >= 4 is 38.1 Å². The molecule has 32 heavy (non-hydrogen) atoms. The third-order valence-electron chi connectivity index (χ3n) is 4.51. The Morgan fingerprint density at radius 3 is 2.22 bits per heavy atom. The number of carbonyl (C=O) groups is 1. The summed E-state index contributed by atoms with van der Waals surface area (Å²) in [6.45, 7) is 0. The predicted molar refractivity (Wildman–Crippen MR) is 114 cm³/mol. The highest BCUT2D eigenvalue weighted by molar-refractivity contribution is 7.92. The first-order chi connectivity index (χ1) is 15.2. The maximum Gasteiger partial charge on any atom is 0.276 e. The number of fused-ring (bicyclic) bond motifs is 1. The molecule has 4 aromatic rings. The van der Waals surface area contributed by atoms with Gasteiger partial charge in [0.25, 0.3) is 21.5 Å². The van der Waals surface area contributed by atoms with Crippen molar-refractivity contribution in [2.45, 2.75) is 4.90 Å². The van der Waals surface area contributed by atoms with Crippen LogP contribution in [0.2, 0.25) is 0 Å². The molecule has 3 aromatic carbocycles. The normalized spacial score (nSPS) is 11.3. The minimum Gasteiger partial charge on any atom is -0.321 e. The molecule has 0 radical (unpaired) electrons. The minimum atomic E-state index is -4.15. The van der Waals surface area contributed by atoms with Gasteiger partial charge in [0.2, 0.25) is 0 Å². The van der Waals surface area contributed by atoms with E-state index in [1.165, 1.54) is 24.3 Å². The topological polar surface area (TPSA) is 121 Å². The van der Waals surface area contributed by atoms with Crippen LogP contribution in [-0.2, 0) is 10.0 Å². The molecule has 0 bridgehead atoms. The number of nitrogens with zero attached hydrogens (tertiary/aromatic N) is 1. The Morgan fingerprint density at radius 2 is 1.53 bits per heavy atom. The molecular formula is C21H14F2N4O4S. The van der Waals surface area contributed by atoms with E-state index in [2.05, 4.69) is 20.2 Å². The van der Waals surface area contributed by atoms with E-state index < -0.39 is 38.0 Å². The zero-order valence-corrected chi connectivity index (χ0v) is 16.9. The van der Waals surface area contributed by atoms with Gasteiger partial charge >= 0.3 is 0 Å². The van der Waals surface area contributed by atoms with E-state index in [1.54, 1.807) is 24.3 Å². The van der Waals surface area contributed by atoms with Gasteiger partial charge in [0.1, 0.15) is 0 Å². The molecule has 0 atom stereocenters. The number of anilines is 2. The fourth-order valence-electron chi connectivity index (χ4n) is 2.96. The van der Waals surface area contributed by atoms with Gasteiger partial charge in [-0.15, -0.1) is 0 Å². The van der Waals surface area contributed by atoms with Crippen molar-refractivity contribution < 1.29 is 22.0 Å². The third kappa shape index (κ3) is 4.18. The van der Waals surface area contributed by atoms with Gasteiger partial charge in [0.15, 0.2) is 17.3 Å². The van der Waals surface area contributed by atoms with Crippen molar-refractivity contribution in [1.82, 2.24) is 10.2 Å². The monoisotopic (exact) mass is 456 g/mol. The van der Waals surface area contributed by atoms with Crippen molar-refractivity contribution in [2.75, 3.05) is 10.0 Å². The third-order valence-corrected chi connectivity index (χ3v) is 5.89. The van der Waals surface area contributed by atoms with Crippen LogP contribution in [0.5, 0.6) is 0 Å². The van der Waals surface area contributed by atoms with E-state index in [9.17, 15) is 26.8 Å². The number of H-pyrrole nitrogens is 1. The number of carbonyl (C=O) groups excluding carboxylic acids is 1. The Kier molecular flexibility index (Phi) is 5.41. The summed E-state index contributed by atoms with van der Waals surface area (Å²) in [5, 5.41) is 9.40. The molecule has 0 spiro atoms. The molecule has 0 aliphatic carbocycles. The van der Waals surface area contributed by atoms with E-state index in [-0.39, 0.29) is 11.4 Å². The van der Waals surface area contributed by atoms with E-state index in [0.717, 1.165) is 12.1 Å². The summed E-state index contributed by atoms with van der Waals surface area (Å²) in [7, 11) is -4.15. The van der Waals surface area contributed by atoms with Crippen molar-refractivity contribution in [2.24, 2.45) is 0 Å². The lowest BCUT2D eigenvalue weighted by atomic mass is 10.1. The first-order valence-electron chi connectivity index (χ1n) is 9.11. The minimum absolute atomic E-state index is 0.0170. The number of hydrogen-bond acceptors (Lipinski definition) is 5. The summed E-state index contributed by atoms with van der Waals surface area (Å²) in [5.74, 6) is -3.02. The van der Waals surface area contributed by atoms with Gasteiger partial charge in [0.05, 0.1) is 10.3 Å². The van der Waals surface area contributed by atoms with Gasteiger partial charge in [-0.2, -0.15) is 5.10 Å². The zero-order valence-electron chi connectivity index (χ0n) is 16.1. The Hall–Kier alpha value is -4.12. The number of benzene rings is 3. The predicted octanol–water partition coefficient (Wildman–Crippen LogP) is 3.25. The summed E-state index contributed by atoms with van der Waals surface area (Å²) in [6, 6.07) is 14.4. The molecule has 0 aliphatic rings. The smallest absolute Gasteiger partial charge is 0.276 e. The lowest BCUT2D eigenvalue weighted by Crippen LogP contribution is -2.19. The van der Waals surface area contributed by atoms with E-state index >= 15 is 0 Å². The van der Waals surface area contributed by atoms with Crippen molar-refractivity contribution in [3.8, 4) is 0 Å². The molecule has 4 rings (SSSR count). The quantitative estimate of drug-likeness (QED) is 0.426. The Bertz CT molecular complexity index is 1500. The molecule has 0 fully saturated rings. The number of nitrogens with one attached hydrogen (secondary N) is 3. The number of amides is 1. The fraction of sp³-hybridized carbons (Fsp3) is 0.